The van der Waals surface area contributed by atoms with E-state index in [1.54, 1.807) is 18.2 Å². The summed E-state index contributed by atoms with van der Waals surface area (Å²) >= 11 is 3.27. The zero-order valence-electron chi connectivity index (χ0n) is 7.90. The van der Waals surface area contributed by atoms with Gasteiger partial charge in [0.25, 0.3) is 0 Å². The minimum Gasteiger partial charge on any atom is -0.493 e. The van der Waals surface area contributed by atoms with Crippen LogP contribution in [0.3, 0.4) is 0 Å². The van der Waals surface area contributed by atoms with Crippen molar-refractivity contribution in [1.82, 2.24) is 0 Å². The summed E-state index contributed by atoms with van der Waals surface area (Å²) in [6.07, 6.45) is 1.39. The van der Waals surface area contributed by atoms with Crippen LogP contribution < -0.4 is 10.2 Å². The van der Waals surface area contributed by atoms with Gasteiger partial charge in [-0.1, -0.05) is 15.9 Å². The summed E-state index contributed by atoms with van der Waals surface area (Å²) in [5, 5.41) is 1.34. The number of hydrogen-bond donors (Lipinski definition) is 0. The zero-order chi connectivity index (χ0) is 10.7. The third kappa shape index (κ3) is 2.21. The summed E-state index contributed by atoms with van der Waals surface area (Å²) in [5.74, 6) is 0.705. The molecule has 0 fully saturated rings. The summed E-state index contributed by atoms with van der Waals surface area (Å²) in [7, 11) is 0. The molecule has 0 saturated heterocycles. The van der Waals surface area contributed by atoms with Crippen LogP contribution in [0.1, 0.15) is 0 Å². The fraction of sp³-hybridized carbons (Fsp3) is 0.182. The monoisotopic (exact) mass is 268 g/mol. The SMILES string of the molecule is O=c1ccoc2cc(OCCBr)ccc12. The van der Waals surface area contributed by atoms with Crippen LogP contribution in [0.5, 0.6) is 5.75 Å². The van der Waals surface area contributed by atoms with Crippen molar-refractivity contribution in [2.45, 2.75) is 0 Å². The van der Waals surface area contributed by atoms with Gasteiger partial charge in [0, 0.05) is 17.5 Å². The van der Waals surface area contributed by atoms with Gasteiger partial charge >= 0.3 is 0 Å². The van der Waals surface area contributed by atoms with Gasteiger partial charge in [-0.05, 0) is 12.1 Å². The lowest BCUT2D eigenvalue weighted by Crippen LogP contribution is -2.00. The Morgan fingerprint density at radius 3 is 3.00 bits per heavy atom. The second kappa shape index (κ2) is 4.49. The smallest absolute Gasteiger partial charge is 0.192 e. The predicted molar refractivity (Wildman–Crippen MR) is 61.8 cm³/mol. The number of rotatable bonds is 3. The summed E-state index contributed by atoms with van der Waals surface area (Å²) < 4.78 is 10.6. The number of ether oxygens (including phenoxy) is 1. The maximum atomic E-state index is 11.4. The lowest BCUT2D eigenvalue weighted by Gasteiger charge is -2.03. The Morgan fingerprint density at radius 2 is 2.20 bits per heavy atom. The topological polar surface area (TPSA) is 39.4 Å². The Bertz CT molecular complexity index is 518. The van der Waals surface area contributed by atoms with Crippen LogP contribution in [0.4, 0.5) is 0 Å². The average Bonchev–Trinajstić information content (AvgIpc) is 2.26. The van der Waals surface area contributed by atoms with Crippen LogP contribution in [0, 0.1) is 0 Å². The standard InChI is InChI=1S/C11H9BrO3/c12-4-6-14-8-1-2-9-10(13)3-5-15-11(9)7-8/h1-3,5,7H,4,6H2. The Hall–Kier alpha value is -1.29. The summed E-state index contributed by atoms with van der Waals surface area (Å²) in [6, 6.07) is 6.60. The van der Waals surface area contributed by atoms with E-state index in [0.717, 1.165) is 5.33 Å². The van der Waals surface area contributed by atoms with E-state index >= 15 is 0 Å². The van der Waals surface area contributed by atoms with Gasteiger partial charge in [0.15, 0.2) is 5.43 Å². The molecule has 4 heteroatoms. The van der Waals surface area contributed by atoms with E-state index in [1.807, 2.05) is 0 Å². The fourth-order valence-corrected chi connectivity index (χ4v) is 1.47. The van der Waals surface area contributed by atoms with Crippen LogP contribution in [-0.4, -0.2) is 11.9 Å². The molecule has 15 heavy (non-hydrogen) atoms. The zero-order valence-corrected chi connectivity index (χ0v) is 9.49. The molecule has 0 bridgehead atoms. The first-order valence-electron chi connectivity index (χ1n) is 4.51. The van der Waals surface area contributed by atoms with E-state index in [0.29, 0.717) is 23.3 Å². The van der Waals surface area contributed by atoms with Gasteiger partial charge in [-0.2, -0.15) is 0 Å². The van der Waals surface area contributed by atoms with Gasteiger partial charge in [0.2, 0.25) is 0 Å². The van der Waals surface area contributed by atoms with Gasteiger partial charge in [-0.25, -0.2) is 0 Å². The van der Waals surface area contributed by atoms with E-state index < -0.39 is 0 Å². The maximum absolute atomic E-state index is 11.4. The first kappa shape index (κ1) is 10.2. The van der Waals surface area contributed by atoms with Crippen LogP contribution in [0.25, 0.3) is 11.0 Å². The molecule has 1 heterocycles. The van der Waals surface area contributed by atoms with Gasteiger partial charge in [0.05, 0.1) is 18.3 Å². The van der Waals surface area contributed by atoms with Gasteiger partial charge in [-0.3, -0.25) is 4.79 Å². The Labute approximate surface area is 94.8 Å². The number of fused-ring (bicyclic) bond motifs is 1. The molecule has 0 aliphatic rings. The summed E-state index contributed by atoms with van der Waals surface area (Å²) in [4.78, 5) is 11.4. The molecule has 0 aliphatic heterocycles. The van der Waals surface area contributed by atoms with E-state index in [-0.39, 0.29) is 5.43 Å². The van der Waals surface area contributed by atoms with Crippen LogP contribution in [-0.2, 0) is 0 Å². The van der Waals surface area contributed by atoms with Crippen LogP contribution in [0.2, 0.25) is 0 Å². The third-order valence-corrected chi connectivity index (χ3v) is 2.30. The highest BCUT2D eigenvalue weighted by molar-refractivity contribution is 9.09. The Balaban J connectivity index is 2.43. The maximum Gasteiger partial charge on any atom is 0.192 e. The second-order valence-corrected chi connectivity index (χ2v) is 3.77. The van der Waals surface area contributed by atoms with E-state index in [2.05, 4.69) is 15.9 Å². The quantitative estimate of drug-likeness (QED) is 0.804. The van der Waals surface area contributed by atoms with Gasteiger partial charge < -0.3 is 9.15 Å². The molecule has 3 nitrogen and oxygen atoms in total. The van der Waals surface area contributed by atoms with Crippen molar-refractivity contribution in [3.63, 3.8) is 0 Å². The molecule has 0 unspecified atom stereocenters. The Morgan fingerprint density at radius 1 is 1.33 bits per heavy atom. The van der Waals surface area contributed by atoms with Gasteiger partial charge in [-0.15, -0.1) is 0 Å². The fourth-order valence-electron chi connectivity index (χ4n) is 1.31. The number of hydrogen-bond acceptors (Lipinski definition) is 3. The lowest BCUT2D eigenvalue weighted by atomic mass is 10.2. The van der Waals surface area contributed by atoms with Crippen molar-refractivity contribution in [2.75, 3.05) is 11.9 Å². The van der Waals surface area contributed by atoms with E-state index in [9.17, 15) is 4.79 Å². The molecule has 2 aromatic rings. The molecule has 0 atom stereocenters. The molecule has 1 aromatic heterocycles. The molecule has 1 aromatic carbocycles. The minimum absolute atomic E-state index is 0.0386. The summed E-state index contributed by atoms with van der Waals surface area (Å²) in [6.45, 7) is 0.586. The highest BCUT2D eigenvalue weighted by Gasteiger charge is 2.01. The molecule has 78 valence electrons. The highest BCUT2D eigenvalue weighted by atomic mass is 79.9. The molecule has 0 amide bonds. The normalized spacial score (nSPS) is 10.5. The lowest BCUT2D eigenvalue weighted by molar-refractivity contribution is 0.345. The number of halogens is 1. The molecule has 0 aliphatic carbocycles. The molecule has 2 rings (SSSR count). The second-order valence-electron chi connectivity index (χ2n) is 2.98. The summed E-state index contributed by atoms with van der Waals surface area (Å²) in [5.41, 5.74) is 0.512. The molecule has 0 radical (unpaired) electrons. The van der Waals surface area contributed by atoms with Crippen molar-refractivity contribution in [3.8, 4) is 5.75 Å². The highest BCUT2D eigenvalue weighted by Crippen LogP contribution is 2.18. The number of benzene rings is 1. The van der Waals surface area contributed by atoms with Crippen molar-refractivity contribution >= 4 is 26.9 Å². The predicted octanol–water partition coefficient (Wildman–Crippen LogP) is 2.57. The third-order valence-electron chi connectivity index (χ3n) is 1.98. The van der Waals surface area contributed by atoms with Gasteiger partial charge in [0.1, 0.15) is 11.3 Å². The average molecular weight is 269 g/mol. The molecular formula is C11H9BrO3. The van der Waals surface area contributed by atoms with E-state index in [4.69, 9.17) is 9.15 Å². The minimum atomic E-state index is -0.0386. The first-order chi connectivity index (χ1) is 7.31. The largest absolute Gasteiger partial charge is 0.493 e. The Kier molecular flexibility index (Phi) is 3.06. The molecule has 0 N–H and O–H groups in total. The van der Waals surface area contributed by atoms with Crippen LogP contribution >= 0.6 is 15.9 Å². The van der Waals surface area contributed by atoms with E-state index in [1.165, 1.54) is 12.3 Å². The van der Waals surface area contributed by atoms with Crippen molar-refractivity contribution < 1.29 is 9.15 Å². The van der Waals surface area contributed by atoms with Crippen LogP contribution in [0.15, 0.2) is 39.7 Å². The van der Waals surface area contributed by atoms with Crippen molar-refractivity contribution in [1.29, 1.82) is 0 Å². The molecule has 0 spiro atoms. The first-order valence-corrected chi connectivity index (χ1v) is 5.64. The van der Waals surface area contributed by atoms with Crippen molar-refractivity contribution in [3.05, 3.63) is 40.8 Å². The molecular weight excluding hydrogens is 260 g/mol. The number of alkyl halides is 1. The van der Waals surface area contributed by atoms with Crippen molar-refractivity contribution in [2.24, 2.45) is 0 Å². The molecule has 0 saturated carbocycles.